The summed E-state index contributed by atoms with van der Waals surface area (Å²) in [5.41, 5.74) is 0.998. The van der Waals surface area contributed by atoms with E-state index in [0.717, 1.165) is 0 Å². The maximum Gasteiger partial charge on any atom is 0.271 e. The molecule has 0 spiro atoms. The number of nitro groups is 1. The summed E-state index contributed by atoms with van der Waals surface area (Å²) in [7, 11) is 0. The van der Waals surface area contributed by atoms with Gasteiger partial charge in [0.1, 0.15) is 3.70 Å². The summed E-state index contributed by atoms with van der Waals surface area (Å²) in [5.74, 6) is 0. The molecule has 0 fully saturated rings. The second kappa shape index (κ2) is 3.86. The Balaban J connectivity index is 2.72. The number of nitrogens with zero attached hydrogens (tertiary/aromatic N) is 3. The number of halogens is 2. The maximum absolute atomic E-state index is 10.5. The molecule has 0 aliphatic carbocycles. The Morgan fingerprint density at radius 1 is 1.33 bits per heavy atom. The van der Waals surface area contributed by atoms with Crippen LogP contribution in [0.4, 0.5) is 5.69 Å². The highest BCUT2D eigenvalue weighted by molar-refractivity contribution is 14.1. The van der Waals surface area contributed by atoms with Crippen LogP contribution in [0.2, 0.25) is 5.15 Å². The van der Waals surface area contributed by atoms with Crippen molar-refractivity contribution in [1.29, 1.82) is 0 Å². The second-order valence-corrected chi connectivity index (χ2v) is 4.12. The fourth-order valence-electron chi connectivity index (χ4n) is 1.11. The van der Waals surface area contributed by atoms with Crippen LogP contribution in [0.1, 0.15) is 0 Å². The minimum Gasteiger partial charge on any atom is -0.258 e. The number of hydrogen-bond donors (Lipinski definition) is 0. The number of benzene rings is 1. The van der Waals surface area contributed by atoms with E-state index in [2.05, 4.69) is 9.97 Å². The number of non-ortho nitro benzene ring substituents is 1. The van der Waals surface area contributed by atoms with E-state index in [9.17, 15) is 10.1 Å². The molecule has 15 heavy (non-hydrogen) atoms. The molecule has 0 saturated carbocycles. The van der Waals surface area contributed by atoms with Gasteiger partial charge in [0.2, 0.25) is 0 Å². The predicted molar refractivity (Wildman–Crippen MR) is 63.9 cm³/mol. The molecule has 5 nitrogen and oxygen atoms in total. The summed E-state index contributed by atoms with van der Waals surface area (Å²) in [6.07, 6.45) is 0. The van der Waals surface area contributed by atoms with Gasteiger partial charge in [-0.25, -0.2) is 9.97 Å². The SMILES string of the molecule is O=[N+]([O-])c1ccc2nc(I)c(Cl)nc2c1. The van der Waals surface area contributed by atoms with Crippen LogP contribution in [0.15, 0.2) is 18.2 Å². The third-order valence-corrected chi connectivity index (χ3v) is 3.11. The number of rotatable bonds is 1. The Labute approximate surface area is 103 Å². The van der Waals surface area contributed by atoms with Crippen molar-refractivity contribution in [2.45, 2.75) is 0 Å². The van der Waals surface area contributed by atoms with Crippen LogP contribution >= 0.6 is 34.2 Å². The molecule has 1 aromatic heterocycles. The quantitative estimate of drug-likeness (QED) is 0.456. The lowest BCUT2D eigenvalue weighted by molar-refractivity contribution is -0.384. The fourth-order valence-corrected chi connectivity index (χ4v) is 1.63. The Bertz CT molecular complexity index is 561. The number of nitro benzene ring substituents is 1. The molecule has 0 radical (unpaired) electrons. The van der Waals surface area contributed by atoms with Crippen molar-refractivity contribution in [2.75, 3.05) is 0 Å². The summed E-state index contributed by atoms with van der Waals surface area (Å²) in [4.78, 5) is 18.2. The highest BCUT2D eigenvalue weighted by atomic mass is 127. The molecular formula is C8H3ClIN3O2. The highest BCUT2D eigenvalue weighted by Crippen LogP contribution is 2.22. The van der Waals surface area contributed by atoms with Crippen molar-refractivity contribution in [3.63, 3.8) is 0 Å². The maximum atomic E-state index is 10.5. The molecule has 0 aliphatic rings. The van der Waals surface area contributed by atoms with E-state index in [1.165, 1.54) is 12.1 Å². The van der Waals surface area contributed by atoms with Gasteiger partial charge < -0.3 is 0 Å². The molecule has 0 saturated heterocycles. The fraction of sp³-hybridized carbons (Fsp3) is 0. The topological polar surface area (TPSA) is 68.9 Å². The molecule has 1 aromatic carbocycles. The number of hydrogen-bond acceptors (Lipinski definition) is 4. The predicted octanol–water partition coefficient (Wildman–Crippen LogP) is 2.80. The zero-order valence-corrected chi connectivity index (χ0v) is 10.1. The molecule has 0 bridgehead atoms. The van der Waals surface area contributed by atoms with Crippen molar-refractivity contribution < 1.29 is 4.92 Å². The monoisotopic (exact) mass is 335 g/mol. The minimum absolute atomic E-state index is 0.0194. The van der Waals surface area contributed by atoms with Gasteiger partial charge in [0.25, 0.3) is 5.69 Å². The Morgan fingerprint density at radius 3 is 2.73 bits per heavy atom. The van der Waals surface area contributed by atoms with Gasteiger partial charge in [0.15, 0.2) is 5.15 Å². The third kappa shape index (κ3) is 2.00. The van der Waals surface area contributed by atoms with Gasteiger partial charge in [-0.2, -0.15) is 0 Å². The van der Waals surface area contributed by atoms with E-state index in [-0.39, 0.29) is 10.8 Å². The van der Waals surface area contributed by atoms with Gasteiger partial charge >= 0.3 is 0 Å². The van der Waals surface area contributed by atoms with Crippen LogP contribution in [-0.2, 0) is 0 Å². The van der Waals surface area contributed by atoms with E-state index in [1.54, 1.807) is 6.07 Å². The molecule has 0 unspecified atom stereocenters. The van der Waals surface area contributed by atoms with Crippen molar-refractivity contribution in [1.82, 2.24) is 9.97 Å². The zero-order valence-electron chi connectivity index (χ0n) is 7.15. The largest absolute Gasteiger partial charge is 0.271 e. The Kier molecular flexibility index (Phi) is 2.70. The Hall–Kier alpha value is -1.02. The van der Waals surface area contributed by atoms with Gasteiger partial charge in [-0.3, -0.25) is 10.1 Å². The van der Waals surface area contributed by atoms with Crippen LogP contribution in [-0.4, -0.2) is 14.9 Å². The van der Waals surface area contributed by atoms with Gasteiger partial charge in [0.05, 0.1) is 16.0 Å². The number of fused-ring (bicyclic) bond motifs is 1. The molecule has 1 heterocycles. The molecule has 0 amide bonds. The van der Waals surface area contributed by atoms with Gasteiger partial charge in [0, 0.05) is 12.1 Å². The first-order valence-corrected chi connectivity index (χ1v) is 5.31. The normalized spacial score (nSPS) is 10.5. The van der Waals surface area contributed by atoms with Crippen LogP contribution in [0.25, 0.3) is 11.0 Å². The van der Waals surface area contributed by atoms with Crippen LogP contribution in [0, 0.1) is 13.8 Å². The van der Waals surface area contributed by atoms with Crippen molar-refractivity contribution in [2.24, 2.45) is 0 Å². The molecular weight excluding hydrogens is 332 g/mol. The van der Waals surface area contributed by atoms with E-state index in [0.29, 0.717) is 14.7 Å². The second-order valence-electron chi connectivity index (χ2n) is 2.74. The van der Waals surface area contributed by atoms with E-state index < -0.39 is 4.92 Å². The zero-order chi connectivity index (χ0) is 11.0. The first kappa shape index (κ1) is 10.5. The van der Waals surface area contributed by atoms with Crippen molar-refractivity contribution in [3.8, 4) is 0 Å². The third-order valence-electron chi connectivity index (χ3n) is 1.78. The van der Waals surface area contributed by atoms with Gasteiger partial charge in [-0.1, -0.05) is 11.6 Å². The molecule has 2 rings (SSSR count). The standard InChI is InChI=1S/C8H3ClIN3O2/c9-7-8(10)12-5-2-1-4(13(14)15)3-6(5)11-7/h1-3H. The van der Waals surface area contributed by atoms with E-state index in [4.69, 9.17) is 11.6 Å². The number of aromatic nitrogens is 2. The molecule has 0 atom stereocenters. The molecule has 7 heteroatoms. The summed E-state index contributed by atoms with van der Waals surface area (Å²) >= 11 is 7.72. The molecule has 0 N–H and O–H groups in total. The van der Waals surface area contributed by atoms with E-state index >= 15 is 0 Å². The summed E-state index contributed by atoms with van der Waals surface area (Å²) in [5, 5.41) is 10.8. The minimum atomic E-state index is -0.479. The van der Waals surface area contributed by atoms with Gasteiger partial charge in [-0.05, 0) is 28.7 Å². The molecule has 76 valence electrons. The summed E-state index contributed by atoms with van der Waals surface area (Å²) in [6.45, 7) is 0. The molecule has 0 aliphatic heterocycles. The highest BCUT2D eigenvalue weighted by Gasteiger charge is 2.09. The lowest BCUT2D eigenvalue weighted by atomic mass is 10.3. The summed E-state index contributed by atoms with van der Waals surface area (Å²) in [6, 6.07) is 4.30. The smallest absolute Gasteiger partial charge is 0.258 e. The van der Waals surface area contributed by atoms with Crippen molar-refractivity contribution in [3.05, 3.63) is 37.2 Å². The average molecular weight is 335 g/mol. The van der Waals surface area contributed by atoms with Crippen LogP contribution in [0.3, 0.4) is 0 Å². The van der Waals surface area contributed by atoms with Crippen molar-refractivity contribution >= 4 is 50.9 Å². The molecule has 2 aromatic rings. The van der Waals surface area contributed by atoms with Crippen LogP contribution in [0.5, 0.6) is 0 Å². The lowest BCUT2D eigenvalue weighted by Crippen LogP contribution is -1.92. The van der Waals surface area contributed by atoms with Gasteiger partial charge in [-0.15, -0.1) is 0 Å². The van der Waals surface area contributed by atoms with E-state index in [1.807, 2.05) is 22.6 Å². The first-order valence-electron chi connectivity index (χ1n) is 3.85. The summed E-state index contributed by atoms with van der Waals surface area (Å²) < 4.78 is 0.579. The first-order chi connectivity index (χ1) is 7.08. The lowest BCUT2D eigenvalue weighted by Gasteiger charge is -1.99. The average Bonchev–Trinajstić information content (AvgIpc) is 2.19. The Morgan fingerprint density at radius 2 is 2.07 bits per heavy atom. The van der Waals surface area contributed by atoms with Crippen LogP contribution < -0.4 is 0 Å².